The Kier molecular flexibility index (Phi) is 4.69. The highest BCUT2D eigenvalue weighted by Crippen LogP contribution is 2.21. The number of anilines is 1. The van der Waals surface area contributed by atoms with Crippen LogP contribution in [0.2, 0.25) is 0 Å². The Labute approximate surface area is 106 Å². The number of para-hydroxylation sites is 1. The Morgan fingerprint density at radius 3 is 2.56 bits per heavy atom. The highest BCUT2D eigenvalue weighted by Gasteiger charge is 2.21. The number of aliphatic hydroxyl groups excluding tert-OH is 1. The van der Waals surface area contributed by atoms with Crippen LogP contribution in [0.3, 0.4) is 0 Å². The van der Waals surface area contributed by atoms with Gasteiger partial charge in [-0.3, -0.25) is 0 Å². The van der Waals surface area contributed by atoms with Gasteiger partial charge in [0.25, 0.3) is 0 Å². The summed E-state index contributed by atoms with van der Waals surface area (Å²) in [5.74, 6) is -0.666. The van der Waals surface area contributed by atoms with E-state index < -0.39 is 28.5 Å². The normalized spacial score (nSPS) is 12.8. The molecule has 1 rings (SSSR count). The molecule has 0 radical (unpaired) electrons. The van der Waals surface area contributed by atoms with Crippen LogP contribution in [-0.2, 0) is 19.4 Å². The van der Waals surface area contributed by atoms with E-state index in [-0.39, 0.29) is 10.6 Å². The lowest BCUT2D eigenvalue weighted by molar-refractivity contribution is -0.142. The second-order valence-electron chi connectivity index (χ2n) is 3.67. The van der Waals surface area contributed by atoms with Gasteiger partial charge in [-0.25, -0.2) is 13.2 Å². The van der Waals surface area contributed by atoms with Crippen molar-refractivity contribution in [1.29, 1.82) is 0 Å². The maximum atomic E-state index is 11.5. The molecule has 0 saturated heterocycles. The summed E-state index contributed by atoms with van der Waals surface area (Å²) in [7, 11) is -2.23. The van der Waals surface area contributed by atoms with Gasteiger partial charge in [-0.2, -0.15) is 0 Å². The molecule has 2 N–H and O–H groups in total. The van der Waals surface area contributed by atoms with Crippen molar-refractivity contribution in [1.82, 2.24) is 0 Å². The summed E-state index contributed by atoms with van der Waals surface area (Å²) < 4.78 is 27.6. The maximum absolute atomic E-state index is 11.5. The smallest absolute Gasteiger partial charge is 0.330 e. The molecular formula is C11H15NO5S. The molecule has 0 amide bonds. The van der Waals surface area contributed by atoms with Gasteiger partial charge >= 0.3 is 5.97 Å². The Hall–Kier alpha value is -1.60. The van der Waals surface area contributed by atoms with Crippen LogP contribution in [0.5, 0.6) is 0 Å². The molecule has 7 heteroatoms. The molecule has 0 heterocycles. The number of sulfone groups is 1. The van der Waals surface area contributed by atoms with Crippen LogP contribution < -0.4 is 5.32 Å². The molecule has 0 aliphatic carbocycles. The zero-order valence-electron chi connectivity index (χ0n) is 10.1. The van der Waals surface area contributed by atoms with Crippen LogP contribution in [0.15, 0.2) is 29.2 Å². The zero-order valence-corrected chi connectivity index (χ0v) is 10.9. The van der Waals surface area contributed by atoms with Crippen molar-refractivity contribution >= 4 is 21.5 Å². The van der Waals surface area contributed by atoms with Crippen molar-refractivity contribution in [3.8, 4) is 0 Å². The monoisotopic (exact) mass is 273 g/mol. The van der Waals surface area contributed by atoms with Gasteiger partial charge in [0.1, 0.15) is 6.04 Å². The van der Waals surface area contributed by atoms with Gasteiger partial charge in [-0.05, 0) is 12.1 Å². The van der Waals surface area contributed by atoms with Crippen LogP contribution in [0, 0.1) is 0 Å². The first-order valence-electron chi connectivity index (χ1n) is 5.14. The minimum atomic E-state index is -3.42. The zero-order chi connectivity index (χ0) is 13.8. The van der Waals surface area contributed by atoms with E-state index in [1.165, 1.54) is 19.2 Å². The molecule has 1 aromatic rings. The number of ether oxygens (including phenoxy) is 1. The Bertz CT molecular complexity index is 526. The van der Waals surface area contributed by atoms with Crippen LogP contribution >= 0.6 is 0 Å². The summed E-state index contributed by atoms with van der Waals surface area (Å²) in [6, 6.07) is 5.14. The van der Waals surface area contributed by atoms with Crippen molar-refractivity contribution in [2.75, 3.05) is 25.3 Å². The Morgan fingerprint density at radius 1 is 1.44 bits per heavy atom. The molecule has 0 bridgehead atoms. The van der Waals surface area contributed by atoms with Crippen molar-refractivity contribution in [2.45, 2.75) is 10.9 Å². The van der Waals surface area contributed by atoms with E-state index in [0.717, 1.165) is 6.26 Å². The van der Waals surface area contributed by atoms with Gasteiger partial charge < -0.3 is 15.2 Å². The van der Waals surface area contributed by atoms with E-state index in [1.54, 1.807) is 12.1 Å². The molecular weight excluding hydrogens is 258 g/mol. The van der Waals surface area contributed by atoms with Gasteiger partial charge in [0.2, 0.25) is 0 Å². The standard InChI is InChI=1S/C11H15NO5S/c1-17-11(14)9(7-13)12-8-5-3-4-6-10(8)18(2,15)16/h3-6,9,12-13H,7H2,1-2H3. The van der Waals surface area contributed by atoms with Crippen LogP contribution in [0.25, 0.3) is 0 Å². The van der Waals surface area contributed by atoms with Crippen molar-refractivity contribution in [3.63, 3.8) is 0 Å². The first-order chi connectivity index (χ1) is 8.40. The second-order valence-corrected chi connectivity index (χ2v) is 5.66. The highest BCUT2D eigenvalue weighted by molar-refractivity contribution is 7.90. The lowest BCUT2D eigenvalue weighted by Gasteiger charge is -2.17. The number of hydrogen-bond acceptors (Lipinski definition) is 6. The van der Waals surface area contributed by atoms with Crippen LogP contribution in [-0.4, -0.2) is 45.5 Å². The van der Waals surface area contributed by atoms with Crippen LogP contribution in [0.1, 0.15) is 0 Å². The van der Waals surface area contributed by atoms with Crippen molar-refractivity contribution in [2.24, 2.45) is 0 Å². The third-order valence-electron chi connectivity index (χ3n) is 2.28. The minimum absolute atomic E-state index is 0.0624. The fourth-order valence-electron chi connectivity index (χ4n) is 1.42. The van der Waals surface area contributed by atoms with E-state index >= 15 is 0 Å². The Morgan fingerprint density at radius 2 is 2.06 bits per heavy atom. The minimum Gasteiger partial charge on any atom is -0.467 e. The summed E-state index contributed by atoms with van der Waals surface area (Å²) in [5.41, 5.74) is 0.254. The number of aliphatic hydroxyl groups is 1. The number of esters is 1. The number of nitrogens with one attached hydrogen (secondary N) is 1. The third-order valence-corrected chi connectivity index (χ3v) is 3.44. The van der Waals surface area contributed by atoms with Gasteiger partial charge in [0.05, 0.1) is 24.3 Å². The van der Waals surface area contributed by atoms with Gasteiger partial charge in [-0.15, -0.1) is 0 Å². The molecule has 0 aliphatic rings. The average Bonchev–Trinajstić information content (AvgIpc) is 2.34. The fourth-order valence-corrected chi connectivity index (χ4v) is 2.27. The number of rotatable bonds is 5. The first kappa shape index (κ1) is 14.5. The topological polar surface area (TPSA) is 92.7 Å². The molecule has 0 saturated carbocycles. The molecule has 0 spiro atoms. The maximum Gasteiger partial charge on any atom is 0.330 e. The van der Waals surface area contributed by atoms with Crippen molar-refractivity contribution < 1.29 is 23.1 Å². The SMILES string of the molecule is COC(=O)C(CO)Nc1ccccc1S(C)(=O)=O. The molecule has 100 valence electrons. The van der Waals surface area contributed by atoms with Gasteiger partial charge in [-0.1, -0.05) is 12.1 Å². The van der Waals surface area contributed by atoms with E-state index in [0.29, 0.717) is 0 Å². The molecule has 1 atom stereocenters. The number of methoxy groups -OCH3 is 1. The highest BCUT2D eigenvalue weighted by atomic mass is 32.2. The van der Waals surface area contributed by atoms with E-state index in [4.69, 9.17) is 5.11 Å². The van der Waals surface area contributed by atoms with Crippen molar-refractivity contribution in [3.05, 3.63) is 24.3 Å². The molecule has 0 aromatic heterocycles. The average molecular weight is 273 g/mol. The van der Waals surface area contributed by atoms with Gasteiger partial charge in [0, 0.05) is 6.26 Å². The van der Waals surface area contributed by atoms with E-state index in [9.17, 15) is 13.2 Å². The predicted molar refractivity (Wildman–Crippen MR) is 66.1 cm³/mol. The number of carbonyl (C=O) groups excluding carboxylic acids is 1. The summed E-state index contributed by atoms with van der Waals surface area (Å²) in [5, 5.41) is 11.7. The van der Waals surface area contributed by atoms with Gasteiger partial charge in [0.15, 0.2) is 9.84 Å². The predicted octanol–water partition coefficient (Wildman–Crippen LogP) is 0.0359. The lowest BCUT2D eigenvalue weighted by atomic mass is 10.2. The summed E-state index contributed by atoms with van der Waals surface area (Å²) in [6.07, 6.45) is 1.07. The largest absolute Gasteiger partial charge is 0.467 e. The lowest BCUT2D eigenvalue weighted by Crippen LogP contribution is -2.34. The summed E-state index contributed by atoms with van der Waals surface area (Å²) in [4.78, 5) is 11.4. The molecule has 6 nitrogen and oxygen atoms in total. The molecule has 0 aliphatic heterocycles. The van der Waals surface area contributed by atoms with Crippen LogP contribution in [0.4, 0.5) is 5.69 Å². The number of benzene rings is 1. The van der Waals surface area contributed by atoms with E-state index in [1.807, 2.05) is 0 Å². The first-order valence-corrected chi connectivity index (χ1v) is 7.03. The van der Waals surface area contributed by atoms with E-state index in [2.05, 4.69) is 10.1 Å². The summed E-state index contributed by atoms with van der Waals surface area (Å²) >= 11 is 0. The summed E-state index contributed by atoms with van der Waals surface area (Å²) in [6.45, 7) is -0.495. The molecule has 1 aromatic carbocycles. The molecule has 0 fully saturated rings. The second kappa shape index (κ2) is 5.83. The fraction of sp³-hybridized carbons (Fsp3) is 0.364. The molecule has 1 unspecified atom stereocenters. The quantitative estimate of drug-likeness (QED) is 0.736. The number of carbonyl (C=O) groups is 1. The molecule has 18 heavy (non-hydrogen) atoms. The third kappa shape index (κ3) is 3.44. The Balaban J connectivity index is 3.08. The number of hydrogen-bond donors (Lipinski definition) is 2.